The van der Waals surface area contributed by atoms with E-state index in [9.17, 15) is 30.6 Å². The van der Waals surface area contributed by atoms with Crippen LogP contribution in [0.1, 0.15) is 92.9 Å². The van der Waals surface area contributed by atoms with Gasteiger partial charge in [-0.3, -0.25) is 0 Å². The van der Waals surface area contributed by atoms with Gasteiger partial charge in [-0.25, -0.2) is 0 Å². The second kappa shape index (κ2) is 20.3. The van der Waals surface area contributed by atoms with Crippen molar-refractivity contribution in [2.45, 2.75) is 228 Å². The minimum Gasteiger partial charge on any atom is -0.508 e. The molecule has 6 heterocycles. The second-order valence-corrected chi connectivity index (χ2v) is 17.2. The average Bonchev–Trinajstić information content (AvgIpc) is 3.18. The summed E-state index contributed by atoms with van der Waals surface area (Å²) >= 11 is 0. The Kier molecular flexibility index (Phi) is 15.7. The summed E-state index contributed by atoms with van der Waals surface area (Å²) in [5.74, 6) is 0.611. The van der Waals surface area contributed by atoms with Crippen molar-refractivity contribution in [2.75, 3.05) is 0 Å². The molecule has 0 bridgehead atoms. The number of hydrogen-bond donors (Lipinski definition) is 6. The van der Waals surface area contributed by atoms with E-state index in [1.807, 2.05) is 6.92 Å². The van der Waals surface area contributed by atoms with Crippen LogP contribution >= 0.6 is 0 Å². The van der Waals surface area contributed by atoms with Crippen molar-refractivity contribution in [1.82, 2.24) is 0 Å². The molecule has 6 fully saturated rings. The third-order valence-corrected chi connectivity index (χ3v) is 12.5. The average molecular weight is 859 g/mol. The predicted molar refractivity (Wildman–Crippen MR) is 206 cm³/mol. The zero-order valence-corrected chi connectivity index (χ0v) is 35.3. The van der Waals surface area contributed by atoms with Gasteiger partial charge in [0.25, 0.3) is 0 Å². The monoisotopic (exact) mass is 858 g/mol. The molecule has 6 N–H and O–H groups in total. The van der Waals surface area contributed by atoms with Crippen LogP contribution < -0.4 is 4.74 Å². The highest BCUT2D eigenvalue weighted by molar-refractivity contribution is 5.30. The number of phenolic OH excluding ortho intramolecular Hbond substituents is 1. The Morgan fingerprint density at radius 3 is 1.37 bits per heavy atom. The van der Waals surface area contributed by atoms with Gasteiger partial charge in [-0.2, -0.15) is 0 Å². The van der Waals surface area contributed by atoms with Crippen LogP contribution in [-0.2, 0) is 52.1 Å². The molecule has 0 spiro atoms. The van der Waals surface area contributed by atoms with E-state index >= 15 is 0 Å². The molecule has 0 aromatic heterocycles. The van der Waals surface area contributed by atoms with E-state index in [1.165, 1.54) is 12.1 Å². The third-order valence-electron chi connectivity index (χ3n) is 12.5. The van der Waals surface area contributed by atoms with Gasteiger partial charge < -0.3 is 87.5 Å². The van der Waals surface area contributed by atoms with E-state index in [-0.39, 0.29) is 43.6 Å². The largest absolute Gasteiger partial charge is 0.508 e. The summed E-state index contributed by atoms with van der Waals surface area (Å²) < 4.78 is 73.3. The molecule has 0 radical (unpaired) electrons. The summed E-state index contributed by atoms with van der Waals surface area (Å²) in [4.78, 5) is 0. The fourth-order valence-electron chi connectivity index (χ4n) is 8.92. The van der Waals surface area contributed by atoms with Gasteiger partial charge in [0.15, 0.2) is 31.5 Å². The van der Waals surface area contributed by atoms with E-state index in [1.54, 1.807) is 46.8 Å². The van der Waals surface area contributed by atoms with Crippen molar-refractivity contribution in [1.29, 1.82) is 0 Å². The van der Waals surface area contributed by atoms with Gasteiger partial charge in [0.2, 0.25) is 6.29 Å². The van der Waals surface area contributed by atoms with Crippen LogP contribution in [0.15, 0.2) is 24.3 Å². The smallest absolute Gasteiger partial charge is 0.202 e. The topological polar surface area (TPSA) is 232 Å². The van der Waals surface area contributed by atoms with Crippen molar-refractivity contribution in [3.8, 4) is 11.5 Å². The lowest BCUT2D eigenvalue weighted by atomic mass is 9.99. The Labute approximate surface area is 351 Å². The van der Waals surface area contributed by atoms with E-state index in [0.717, 1.165) is 0 Å². The van der Waals surface area contributed by atoms with Crippen LogP contribution in [0.2, 0.25) is 0 Å². The maximum Gasteiger partial charge on any atom is 0.202 e. The van der Waals surface area contributed by atoms with Crippen molar-refractivity contribution >= 4 is 0 Å². The molecule has 6 saturated heterocycles. The zero-order valence-electron chi connectivity index (χ0n) is 35.3. The summed E-state index contributed by atoms with van der Waals surface area (Å²) in [5.41, 5.74) is 0. The normalized spacial score (nSPS) is 48.0. The van der Waals surface area contributed by atoms with Gasteiger partial charge in [-0.15, -0.1) is 0 Å². The highest BCUT2D eigenvalue weighted by Gasteiger charge is 2.47. The molecular weight excluding hydrogens is 792 g/mol. The third kappa shape index (κ3) is 11.5. The first-order valence-corrected chi connectivity index (χ1v) is 21.7. The Hall–Kier alpha value is -1.82. The van der Waals surface area contributed by atoms with Gasteiger partial charge in [0, 0.05) is 38.5 Å². The molecule has 22 atom stereocenters. The molecule has 0 aliphatic carbocycles. The molecule has 1 aromatic rings. The number of aromatic hydroxyl groups is 1. The second-order valence-electron chi connectivity index (χ2n) is 17.2. The summed E-state index contributed by atoms with van der Waals surface area (Å²) in [6, 6.07) is 6.25. The Morgan fingerprint density at radius 1 is 0.417 bits per heavy atom. The zero-order chi connectivity index (χ0) is 42.8. The number of phenols is 1. The van der Waals surface area contributed by atoms with Crippen LogP contribution in [0, 0.1) is 0 Å². The van der Waals surface area contributed by atoms with Crippen molar-refractivity contribution in [3.63, 3.8) is 0 Å². The molecule has 342 valence electrons. The van der Waals surface area contributed by atoms with E-state index in [2.05, 4.69) is 0 Å². The number of aliphatic hydroxyl groups is 5. The lowest BCUT2D eigenvalue weighted by Crippen LogP contribution is -2.56. The molecule has 1 aromatic carbocycles. The van der Waals surface area contributed by atoms with Crippen LogP contribution in [0.25, 0.3) is 0 Å². The van der Waals surface area contributed by atoms with E-state index in [4.69, 9.17) is 56.8 Å². The minimum absolute atomic E-state index is 0.115. The molecule has 18 heteroatoms. The van der Waals surface area contributed by atoms with Gasteiger partial charge in [0.05, 0.1) is 73.2 Å². The number of ether oxygens (including phenoxy) is 12. The molecule has 7 rings (SSSR count). The first kappa shape index (κ1) is 46.2. The molecule has 18 nitrogen and oxygen atoms in total. The Morgan fingerprint density at radius 2 is 0.850 bits per heavy atom. The fourth-order valence-corrected chi connectivity index (χ4v) is 8.92. The maximum atomic E-state index is 11.2. The van der Waals surface area contributed by atoms with E-state index in [0.29, 0.717) is 31.4 Å². The maximum absolute atomic E-state index is 11.2. The molecule has 0 unspecified atom stereocenters. The van der Waals surface area contributed by atoms with Crippen LogP contribution in [-0.4, -0.2) is 166 Å². The molecule has 0 saturated carbocycles. The van der Waals surface area contributed by atoms with Crippen molar-refractivity contribution < 1.29 is 87.5 Å². The summed E-state index contributed by atoms with van der Waals surface area (Å²) in [6.45, 7) is 10.7. The van der Waals surface area contributed by atoms with Crippen LogP contribution in [0.5, 0.6) is 11.5 Å². The van der Waals surface area contributed by atoms with Crippen molar-refractivity contribution in [2.24, 2.45) is 0 Å². The summed E-state index contributed by atoms with van der Waals surface area (Å²) in [6.07, 6.45) is -11.9. The minimum atomic E-state index is -0.949. The SMILES string of the molecule is C[C@@H]1O[C@@H](O[C@@H]2C[C@H](O[C@H]3[C@H](O)C[C@H](Oc4ccc(O)cc4)O[C@@H]3C)O[C@H](C)[C@H]2O)CC[C@@H]1O[C@H]1C[C@@H](O)[C@H](O[C@H]2C[C@@H](O[C@H]3CC[C@H](O)[C@H](C)O3)[C@H](O)[C@@H](C)O2)[C@@H](C)O1. The first-order chi connectivity index (χ1) is 28.6. The summed E-state index contributed by atoms with van der Waals surface area (Å²) in [7, 11) is 0. The lowest BCUT2D eigenvalue weighted by Gasteiger charge is -2.45. The van der Waals surface area contributed by atoms with Crippen LogP contribution in [0.4, 0.5) is 0 Å². The molecule has 0 amide bonds. The number of benzene rings is 1. The molecule has 6 aliphatic rings. The van der Waals surface area contributed by atoms with Crippen molar-refractivity contribution in [3.05, 3.63) is 24.3 Å². The number of aliphatic hydroxyl groups excluding tert-OH is 5. The lowest BCUT2D eigenvalue weighted by molar-refractivity contribution is -0.340. The first-order valence-electron chi connectivity index (χ1n) is 21.7. The molecule has 60 heavy (non-hydrogen) atoms. The molecule has 6 aliphatic heterocycles. The number of hydrogen-bond acceptors (Lipinski definition) is 18. The van der Waals surface area contributed by atoms with Gasteiger partial charge in [0.1, 0.15) is 35.9 Å². The highest BCUT2D eigenvalue weighted by atomic mass is 16.8. The van der Waals surface area contributed by atoms with E-state index < -0.39 is 123 Å². The predicted octanol–water partition coefficient (Wildman–Crippen LogP) is 2.09. The van der Waals surface area contributed by atoms with Crippen LogP contribution in [0.3, 0.4) is 0 Å². The summed E-state index contributed by atoms with van der Waals surface area (Å²) in [5, 5.41) is 63.7. The highest BCUT2D eigenvalue weighted by Crippen LogP contribution is 2.36. The fraction of sp³-hybridized carbons (Fsp3) is 0.857. The van der Waals surface area contributed by atoms with Gasteiger partial charge in [-0.05, 0) is 78.6 Å². The standard InChI is InChI=1S/C42H66O18/c1-19-27(44)11-13-33(49-19)57-31-17-37(51-21(3)39(31)47)60-42-24(6)54-36(16-29(42)46)56-30-12-14-34(50-20(30)2)58-32-18-38(52-22(4)40(32)48)59-41-23(5)53-35(15-28(41)45)55-26-9-7-25(43)8-10-26/h7-10,19-24,27-48H,11-18H2,1-6H3/t19-,20-,21+,22+,23+,24+,27-,28+,29+,30-,31+,32+,33-,34-,35-,36-,37-,38-,39+,40+,41+,42+/m0/s1. The Balaban J connectivity index is 0.846. The van der Waals surface area contributed by atoms with Gasteiger partial charge >= 0.3 is 0 Å². The van der Waals surface area contributed by atoms with Gasteiger partial charge in [-0.1, -0.05) is 0 Å². The Bertz CT molecular complexity index is 1450. The number of rotatable bonds is 12. The molecular formula is C42H66O18. The quantitative estimate of drug-likeness (QED) is 0.177.